The van der Waals surface area contributed by atoms with E-state index in [4.69, 9.17) is 9.47 Å². The molecule has 1 saturated carbocycles. The van der Waals surface area contributed by atoms with E-state index in [-0.39, 0.29) is 17.6 Å². The van der Waals surface area contributed by atoms with E-state index in [9.17, 15) is 13.2 Å². The molecule has 1 amide bonds. The van der Waals surface area contributed by atoms with Gasteiger partial charge in [-0.15, -0.1) is 0 Å². The number of amides is 1. The van der Waals surface area contributed by atoms with E-state index in [2.05, 4.69) is 12.2 Å². The Morgan fingerprint density at radius 1 is 1.00 bits per heavy atom. The number of carbonyl (C=O) groups is 1. The third-order valence-electron chi connectivity index (χ3n) is 6.78. The van der Waals surface area contributed by atoms with Crippen molar-refractivity contribution in [3.8, 4) is 22.6 Å². The number of carbonyl (C=O) groups excluding carboxylic acids is 1. The van der Waals surface area contributed by atoms with Crippen LogP contribution in [0.2, 0.25) is 0 Å². The largest absolute Gasteiger partial charge is 0.454 e. The van der Waals surface area contributed by atoms with Gasteiger partial charge in [0.2, 0.25) is 22.7 Å². The Morgan fingerprint density at radius 3 is 2.49 bits per heavy atom. The van der Waals surface area contributed by atoms with Crippen molar-refractivity contribution in [1.29, 1.82) is 0 Å². The smallest absolute Gasteiger partial charge is 0.242 e. The predicted octanol–water partition coefficient (Wildman–Crippen LogP) is 4.57. The molecule has 0 aromatic heterocycles. The summed E-state index contributed by atoms with van der Waals surface area (Å²) in [5, 5.41) is 3.10. The maximum absolute atomic E-state index is 13.4. The van der Waals surface area contributed by atoms with E-state index < -0.39 is 15.4 Å². The summed E-state index contributed by atoms with van der Waals surface area (Å²) in [6, 6.07) is 18.4. The highest BCUT2D eigenvalue weighted by molar-refractivity contribution is 7.89. The Labute approximate surface area is 205 Å². The lowest BCUT2D eigenvalue weighted by molar-refractivity contribution is -0.118. The molecule has 0 unspecified atom stereocenters. The number of benzene rings is 3. The predicted molar refractivity (Wildman–Crippen MR) is 134 cm³/mol. The van der Waals surface area contributed by atoms with Crippen LogP contribution in [-0.4, -0.2) is 39.5 Å². The zero-order chi connectivity index (χ0) is 24.8. The molecule has 1 fully saturated rings. The standard InChI is InChI=1S/C27H28N2O5S/c1-4-18-8-10-21(16-23(18)19-6-5-7-22(14-19)35(31,32)29(2)3)28-26(30)27(12-13-27)20-9-11-24-25(15-20)34-17-33-24/h5-11,14-16H,4,12-13,17H2,1-3H3,(H,28,30). The van der Waals surface area contributed by atoms with E-state index in [1.165, 1.54) is 18.4 Å². The molecule has 5 rings (SSSR count). The first-order valence-corrected chi connectivity index (χ1v) is 13.1. The van der Waals surface area contributed by atoms with Gasteiger partial charge in [-0.25, -0.2) is 12.7 Å². The first kappa shape index (κ1) is 23.4. The van der Waals surface area contributed by atoms with Gasteiger partial charge >= 0.3 is 0 Å². The molecule has 8 heteroatoms. The number of rotatable bonds is 7. The normalized spacial score (nSPS) is 15.8. The van der Waals surface area contributed by atoms with Crippen LogP contribution in [0.15, 0.2) is 65.6 Å². The van der Waals surface area contributed by atoms with Gasteiger partial charge in [-0.1, -0.05) is 31.2 Å². The Kier molecular flexibility index (Phi) is 5.81. The molecule has 2 aliphatic rings. The van der Waals surface area contributed by atoms with Crippen LogP contribution in [0.25, 0.3) is 11.1 Å². The third kappa shape index (κ3) is 4.17. The molecular weight excluding hydrogens is 464 g/mol. The van der Waals surface area contributed by atoms with Crippen molar-refractivity contribution in [3.05, 3.63) is 71.8 Å². The summed E-state index contributed by atoms with van der Waals surface area (Å²) in [6.45, 7) is 2.25. The molecule has 1 aliphatic carbocycles. The number of nitrogens with one attached hydrogen (secondary N) is 1. The molecule has 0 bridgehead atoms. The average molecular weight is 493 g/mol. The Balaban J connectivity index is 1.45. The van der Waals surface area contributed by atoms with Crippen LogP contribution in [-0.2, 0) is 26.7 Å². The van der Waals surface area contributed by atoms with E-state index >= 15 is 0 Å². The van der Waals surface area contributed by atoms with Crippen LogP contribution in [0.5, 0.6) is 11.5 Å². The van der Waals surface area contributed by atoms with Crippen molar-refractivity contribution in [1.82, 2.24) is 4.31 Å². The monoisotopic (exact) mass is 492 g/mol. The van der Waals surface area contributed by atoms with Crippen LogP contribution in [0, 0.1) is 0 Å². The molecule has 1 heterocycles. The maximum Gasteiger partial charge on any atom is 0.242 e. The summed E-state index contributed by atoms with van der Waals surface area (Å²) in [6.07, 6.45) is 2.31. The van der Waals surface area contributed by atoms with Crippen LogP contribution >= 0.6 is 0 Å². The van der Waals surface area contributed by atoms with E-state index in [0.717, 1.165) is 41.5 Å². The molecule has 1 aliphatic heterocycles. The van der Waals surface area contributed by atoms with Gasteiger partial charge in [0.1, 0.15) is 0 Å². The van der Waals surface area contributed by atoms with Gasteiger partial charge < -0.3 is 14.8 Å². The number of sulfonamides is 1. The summed E-state index contributed by atoms with van der Waals surface area (Å²) < 4.78 is 37.4. The van der Waals surface area contributed by atoms with Gasteiger partial charge in [-0.05, 0) is 77.9 Å². The summed E-state index contributed by atoms with van der Waals surface area (Å²) in [5.74, 6) is 1.31. The molecule has 3 aromatic rings. The van der Waals surface area contributed by atoms with Crippen LogP contribution in [0.4, 0.5) is 5.69 Å². The highest BCUT2D eigenvalue weighted by Crippen LogP contribution is 2.51. The summed E-state index contributed by atoms with van der Waals surface area (Å²) in [5.41, 5.74) is 3.78. The number of hydrogen-bond donors (Lipinski definition) is 1. The molecule has 182 valence electrons. The van der Waals surface area contributed by atoms with E-state index in [1.54, 1.807) is 18.2 Å². The fourth-order valence-electron chi connectivity index (χ4n) is 4.48. The van der Waals surface area contributed by atoms with Crippen molar-refractivity contribution in [2.24, 2.45) is 0 Å². The minimum atomic E-state index is -3.56. The molecule has 7 nitrogen and oxygen atoms in total. The number of anilines is 1. The van der Waals surface area contributed by atoms with Gasteiger partial charge in [0.15, 0.2) is 11.5 Å². The molecule has 0 spiro atoms. The zero-order valence-electron chi connectivity index (χ0n) is 20.0. The number of hydrogen-bond acceptors (Lipinski definition) is 5. The van der Waals surface area contributed by atoms with Crippen molar-refractivity contribution in [2.75, 3.05) is 26.2 Å². The van der Waals surface area contributed by atoms with Gasteiger partial charge in [0, 0.05) is 19.8 Å². The molecule has 0 saturated heterocycles. The van der Waals surface area contributed by atoms with Crippen LogP contribution in [0.1, 0.15) is 30.9 Å². The van der Waals surface area contributed by atoms with Crippen molar-refractivity contribution >= 4 is 21.6 Å². The van der Waals surface area contributed by atoms with Gasteiger partial charge in [0.05, 0.1) is 10.3 Å². The number of nitrogens with zero attached hydrogens (tertiary/aromatic N) is 1. The fraction of sp³-hybridized carbons (Fsp3) is 0.296. The van der Waals surface area contributed by atoms with Gasteiger partial charge in [-0.3, -0.25) is 4.79 Å². The number of fused-ring (bicyclic) bond motifs is 1. The maximum atomic E-state index is 13.4. The van der Waals surface area contributed by atoms with E-state index in [1.807, 2.05) is 42.5 Å². The van der Waals surface area contributed by atoms with Crippen LogP contribution in [0.3, 0.4) is 0 Å². The number of ether oxygens (including phenoxy) is 2. The Bertz CT molecular complexity index is 1410. The fourth-order valence-corrected chi connectivity index (χ4v) is 5.43. The Morgan fingerprint density at radius 2 is 1.77 bits per heavy atom. The van der Waals surface area contributed by atoms with Gasteiger partial charge in [-0.2, -0.15) is 0 Å². The molecule has 0 radical (unpaired) electrons. The third-order valence-corrected chi connectivity index (χ3v) is 8.59. The van der Waals surface area contributed by atoms with E-state index in [0.29, 0.717) is 17.2 Å². The number of aryl methyl sites for hydroxylation is 1. The average Bonchev–Trinajstić information content (AvgIpc) is 3.54. The lowest BCUT2D eigenvalue weighted by Gasteiger charge is -2.18. The summed E-state index contributed by atoms with van der Waals surface area (Å²) in [4.78, 5) is 13.6. The minimum Gasteiger partial charge on any atom is -0.454 e. The van der Waals surface area contributed by atoms with Gasteiger partial charge in [0.25, 0.3) is 0 Å². The lowest BCUT2D eigenvalue weighted by atomic mass is 9.93. The SMILES string of the molecule is CCc1ccc(NC(=O)C2(c3ccc4c(c3)OCO4)CC2)cc1-c1cccc(S(=O)(=O)N(C)C)c1. The molecule has 3 aromatic carbocycles. The highest BCUT2D eigenvalue weighted by Gasteiger charge is 2.51. The van der Waals surface area contributed by atoms with Crippen molar-refractivity contribution in [2.45, 2.75) is 36.5 Å². The second kappa shape index (κ2) is 8.70. The second-order valence-corrected chi connectivity index (χ2v) is 11.3. The lowest BCUT2D eigenvalue weighted by Crippen LogP contribution is -2.27. The van der Waals surface area contributed by atoms with Crippen LogP contribution < -0.4 is 14.8 Å². The topological polar surface area (TPSA) is 84.9 Å². The summed E-state index contributed by atoms with van der Waals surface area (Å²) in [7, 11) is -0.523. The molecule has 0 atom stereocenters. The summed E-state index contributed by atoms with van der Waals surface area (Å²) >= 11 is 0. The first-order valence-electron chi connectivity index (χ1n) is 11.6. The quantitative estimate of drug-likeness (QED) is 0.523. The minimum absolute atomic E-state index is 0.0597. The highest BCUT2D eigenvalue weighted by atomic mass is 32.2. The zero-order valence-corrected chi connectivity index (χ0v) is 20.8. The molecule has 1 N–H and O–H groups in total. The first-order chi connectivity index (χ1) is 16.7. The second-order valence-electron chi connectivity index (χ2n) is 9.15. The molecular formula is C27H28N2O5S. The molecule has 35 heavy (non-hydrogen) atoms. The van der Waals surface area contributed by atoms with Crippen molar-refractivity contribution < 1.29 is 22.7 Å². The van der Waals surface area contributed by atoms with Crippen molar-refractivity contribution in [3.63, 3.8) is 0 Å². The Hall–Kier alpha value is -3.36.